The minimum atomic E-state index is -0.436. The van der Waals surface area contributed by atoms with Crippen molar-refractivity contribution in [1.82, 2.24) is 14.9 Å². The highest BCUT2D eigenvalue weighted by Crippen LogP contribution is 2.11. The van der Waals surface area contributed by atoms with Crippen LogP contribution in [-0.4, -0.2) is 46.1 Å². The van der Waals surface area contributed by atoms with Crippen LogP contribution < -0.4 is 5.32 Å². The second-order valence-corrected chi connectivity index (χ2v) is 4.10. The van der Waals surface area contributed by atoms with E-state index < -0.39 is 5.41 Å². The lowest BCUT2D eigenvalue weighted by molar-refractivity contribution is 0.0697. The van der Waals surface area contributed by atoms with E-state index in [-0.39, 0.29) is 13.2 Å². The minimum absolute atomic E-state index is 0.0123. The van der Waals surface area contributed by atoms with Gasteiger partial charge in [-0.15, -0.1) is 0 Å². The van der Waals surface area contributed by atoms with Crippen molar-refractivity contribution >= 4 is 0 Å². The number of aliphatic hydroxyl groups is 2. The third-order valence-corrected chi connectivity index (χ3v) is 2.42. The van der Waals surface area contributed by atoms with E-state index in [1.807, 2.05) is 17.7 Å². The predicted molar refractivity (Wildman–Crippen MR) is 57.4 cm³/mol. The number of aromatic nitrogens is 2. The fraction of sp³-hybridized carbons (Fsp3) is 0.700. The van der Waals surface area contributed by atoms with Crippen molar-refractivity contribution < 1.29 is 10.2 Å². The lowest BCUT2D eigenvalue weighted by Crippen LogP contribution is -2.38. The molecule has 1 aromatic heterocycles. The van der Waals surface area contributed by atoms with Gasteiger partial charge in [-0.3, -0.25) is 0 Å². The van der Waals surface area contributed by atoms with Crippen LogP contribution in [0.3, 0.4) is 0 Å². The number of nitrogens with zero attached hydrogens (tertiary/aromatic N) is 2. The molecule has 0 aromatic carbocycles. The summed E-state index contributed by atoms with van der Waals surface area (Å²) in [5.41, 5.74) is -0.436. The van der Waals surface area contributed by atoms with E-state index in [1.165, 1.54) is 0 Å². The van der Waals surface area contributed by atoms with Crippen LogP contribution in [0, 0.1) is 5.41 Å². The molecule has 0 fully saturated rings. The van der Waals surface area contributed by atoms with E-state index in [0.29, 0.717) is 6.54 Å². The summed E-state index contributed by atoms with van der Waals surface area (Å²) in [6, 6.07) is 0. The van der Waals surface area contributed by atoms with Gasteiger partial charge in [-0.2, -0.15) is 0 Å². The van der Waals surface area contributed by atoms with Crippen molar-refractivity contribution in [2.75, 3.05) is 26.3 Å². The van der Waals surface area contributed by atoms with Gasteiger partial charge >= 0.3 is 0 Å². The van der Waals surface area contributed by atoms with Crippen LogP contribution >= 0.6 is 0 Å². The van der Waals surface area contributed by atoms with Crippen molar-refractivity contribution in [1.29, 1.82) is 0 Å². The molecule has 0 bridgehead atoms. The highest BCUT2D eigenvalue weighted by molar-refractivity contribution is 4.76. The van der Waals surface area contributed by atoms with Gasteiger partial charge in [-0.05, 0) is 0 Å². The van der Waals surface area contributed by atoms with E-state index in [1.54, 1.807) is 12.5 Å². The third kappa shape index (κ3) is 3.99. The average Bonchev–Trinajstić information content (AvgIpc) is 2.77. The number of aliphatic hydroxyl groups excluding tert-OH is 2. The first-order valence-corrected chi connectivity index (χ1v) is 5.08. The Morgan fingerprint density at radius 1 is 1.40 bits per heavy atom. The van der Waals surface area contributed by atoms with Crippen LogP contribution in [0.4, 0.5) is 0 Å². The van der Waals surface area contributed by atoms with Crippen LogP contribution in [0.1, 0.15) is 6.92 Å². The molecule has 3 N–H and O–H groups in total. The summed E-state index contributed by atoms with van der Waals surface area (Å²) < 4.78 is 1.97. The monoisotopic (exact) mass is 213 g/mol. The highest BCUT2D eigenvalue weighted by atomic mass is 16.3. The Kier molecular flexibility index (Phi) is 4.74. The maximum atomic E-state index is 9.05. The smallest absolute Gasteiger partial charge is 0.0946 e. The molecule has 0 amide bonds. The van der Waals surface area contributed by atoms with Crippen LogP contribution in [0.15, 0.2) is 18.7 Å². The Bertz CT molecular complexity index is 258. The SMILES string of the molecule is CC(CO)(CO)CNCCn1ccnc1. The Hall–Kier alpha value is -0.910. The second-order valence-electron chi connectivity index (χ2n) is 4.10. The van der Waals surface area contributed by atoms with Crippen LogP contribution in [0.25, 0.3) is 0 Å². The molecule has 0 atom stereocenters. The zero-order chi connectivity index (χ0) is 11.1. The van der Waals surface area contributed by atoms with E-state index in [4.69, 9.17) is 10.2 Å². The first kappa shape index (κ1) is 12.2. The molecule has 0 spiro atoms. The molecule has 0 saturated heterocycles. The van der Waals surface area contributed by atoms with Gasteiger partial charge in [0.05, 0.1) is 19.5 Å². The van der Waals surface area contributed by atoms with E-state index >= 15 is 0 Å². The summed E-state index contributed by atoms with van der Waals surface area (Å²) in [5.74, 6) is 0. The molecule has 0 saturated carbocycles. The zero-order valence-electron chi connectivity index (χ0n) is 9.06. The van der Waals surface area contributed by atoms with Gasteiger partial charge in [0.25, 0.3) is 0 Å². The van der Waals surface area contributed by atoms with Gasteiger partial charge in [0.2, 0.25) is 0 Å². The summed E-state index contributed by atoms with van der Waals surface area (Å²) in [6.07, 6.45) is 5.41. The predicted octanol–water partition coefficient (Wildman–Crippen LogP) is -0.536. The first-order chi connectivity index (χ1) is 7.20. The minimum Gasteiger partial charge on any atom is -0.396 e. The van der Waals surface area contributed by atoms with Gasteiger partial charge in [0.1, 0.15) is 0 Å². The number of hydrogen-bond donors (Lipinski definition) is 3. The summed E-state index contributed by atoms with van der Waals surface area (Å²) in [7, 11) is 0. The summed E-state index contributed by atoms with van der Waals surface area (Å²) in [6.45, 7) is 4.06. The van der Waals surface area contributed by atoms with E-state index in [0.717, 1.165) is 13.1 Å². The maximum Gasteiger partial charge on any atom is 0.0946 e. The fourth-order valence-corrected chi connectivity index (χ4v) is 1.18. The zero-order valence-corrected chi connectivity index (χ0v) is 9.06. The molecule has 0 aliphatic heterocycles. The normalized spacial score (nSPS) is 11.9. The summed E-state index contributed by atoms with van der Waals surface area (Å²) in [5, 5.41) is 21.3. The molecule has 1 heterocycles. The Morgan fingerprint density at radius 3 is 2.67 bits per heavy atom. The number of rotatable bonds is 7. The van der Waals surface area contributed by atoms with Gasteiger partial charge in [0, 0.05) is 37.4 Å². The van der Waals surface area contributed by atoms with E-state index in [9.17, 15) is 0 Å². The van der Waals surface area contributed by atoms with Crippen LogP contribution in [0.2, 0.25) is 0 Å². The van der Waals surface area contributed by atoms with Gasteiger partial charge in [-0.25, -0.2) is 4.98 Å². The van der Waals surface area contributed by atoms with Gasteiger partial charge in [0.15, 0.2) is 0 Å². The molecule has 5 heteroatoms. The molecule has 86 valence electrons. The van der Waals surface area contributed by atoms with Crippen molar-refractivity contribution in [3.05, 3.63) is 18.7 Å². The van der Waals surface area contributed by atoms with Crippen molar-refractivity contribution in [3.63, 3.8) is 0 Å². The number of nitrogens with one attached hydrogen (secondary N) is 1. The average molecular weight is 213 g/mol. The number of imidazole rings is 1. The second kappa shape index (κ2) is 5.85. The Labute approximate surface area is 89.8 Å². The number of hydrogen-bond acceptors (Lipinski definition) is 4. The third-order valence-electron chi connectivity index (χ3n) is 2.42. The molecule has 0 aliphatic carbocycles. The van der Waals surface area contributed by atoms with Crippen molar-refractivity contribution in [2.45, 2.75) is 13.5 Å². The highest BCUT2D eigenvalue weighted by Gasteiger charge is 2.21. The molecule has 1 aromatic rings. The summed E-state index contributed by atoms with van der Waals surface area (Å²) in [4.78, 5) is 3.94. The van der Waals surface area contributed by atoms with Crippen LogP contribution in [0.5, 0.6) is 0 Å². The van der Waals surface area contributed by atoms with E-state index in [2.05, 4.69) is 10.3 Å². The molecule has 1 rings (SSSR count). The maximum absolute atomic E-state index is 9.05. The molecular weight excluding hydrogens is 194 g/mol. The lowest BCUT2D eigenvalue weighted by atomic mass is 9.93. The van der Waals surface area contributed by atoms with Crippen molar-refractivity contribution in [2.24, 2.45) is 5.41 Å². The molecule has 15 heavy (non-hydrogen) atoms. The molecular formula is C10H19N3O2. The molecule has 5 nitrogen and oxygen atoms in total. The quantitative estimate of drug-likeness (QED) is 0.532. The Morgan fingerprint density at radius 2 is 2.13 bits per heavy atom. The van der Waals surface area contributed by atoms with Crippen LogP contribution in [-0.2, 0) is 6.54 Å². The summed E-state index contributed by atoms with van der Waals surface area (Å²) >= 11 is 0. The first-order valence-electron chi connectivity index (χ1n) is 5.08. The standard InChI is InChI=1S/C10H19N3O2/c1-10(7-14,8-15)6-11-2-4-13-5-3-12-9-13/h3,5,9,11,14-15H,2,4,6-8H2,1H3. The molecule has 0 unspecified atom stereocenters. The fourth-order valence-electron chi connectivity index (χ4n) is 1.18. The topological polar surface area (TPSA) is 70.3 Å². The van der Waals surface area contributed by atoms with Crippen molar-refractivity contribution in [3.8, 4) is 0 Å². The molecule has 0 aliphatic rings. The largest absolute Gasteiger partial charge is 0.396 e. The van der Waals surface area contributed by atoms with Gasteiger partial charge in [-0.1, -0.05) is 6.92 Å². The van der Waals surface area contributed by atoms with Gasteiger partial charge < -0.3 is 20.1 Å². The Balaban J connectivity index is 2.16. The lowest BCUT2D eigenvalue weighted by Gasteiger charge is -2.24. The molecule has 0 radical (unpaired) electrons.